The van der Waals surface area contributed by atoms with Gasteiger partial charge in [-0.25, -0.2) is 0 Å². The third-order valence-corrected chi connectivity index (χ3v) is 6.96. The first kappa shape index (κ1) is 20.4. The Morgan fingerprint density at radius 1 is 0.906 bits per heavy atom. The quantitative estimate of drug-likeness (QED) is 0.480. The van der Waals surface area contributed by atoms with Crippen LogP contribution in [0.5, 0.6) is 23.0 Å². The minimum absolute atomic E-state index is 0.0853. The first-order valence-electron chi connectivity index (χ1n) is 10.6. The molecule has 1 aliphatic carbocycles. The predicted molar refractivity (Wildman–Crippen MR) is 121 cm³/mol. The summed E-state index contributed by atoms with van der Waals surface area (Å²) in [7, 11) is 4.81. The Hall–Kier alpha value is -3.54. The maximum atomic E-state index is 12.8. The van der Waals surface area contributed by atoms with Gasteiger partial charge in [0, 0.05) is 18.1 Å². The van der Waals surface area contributed by atoms with E-state index >= 15 is 0 Å². The number of ether oxygens (including phenoxy) is 4. The van der Waals surface area contributed by atoms with E-state index in [0.717, 1.165) is 23.3 Å². The Morgan fingerprint density at radius 3 is 2.25 bits per heavy atom. The van der Waals surface area contributed by atoms with E-state index in [2.05, 4.69) is 17.3 Å². The molecule has 0 spiro atoms. The highest BCUT2D eigenvalue weighted by atomic mass is 16.5. The van der Waals surface area contributed by atoms with E-state index in [4.69, 9.17) is 18.9 Å². The second-order valence-electron chi connectivity index (χ2n) is 8.22. The summed E-state index contributed by atoms with van der Waals surface area (Å²) < 4.78 is 23.4. The van der Waals surface area contributed by atoms with E-state index in [1.165, 1.54) is 0 Å². The minimum atomic E-state index is -1.14. The number of hydrogen-bond acceptors (Lipinski definition) is 6. The van der Waals surface area contributed by atoms with Gasteiger partial charge in [-0.2, -0.15) is 0 Å². The van der Waals surface area contributed by atoms with Crippen LogP contribution in [0.2, 0.25) is 0 Å². The van der Waals surface area contributed by atoms with E-state index in [9.17, 15) is 4.91 Å². The van der Waals surface area contributed by atoms with Gasteiger partial charge in [0.2, 0.25) is 0 Å². The van der Waals surface area contributed by atoms with Crippen molar-refractivity contribution in [2.45, 2.75) is 29.9 Å². The molecule has 1 aliphatic heterocycles. The average molecular weight is 431 g/mol. The number of fused-ring (bicyclic) bond motifs is 3. The lowest BCUT2D eigenvalue weighted by Gasteiger charge is -2.39. The maximum absolute atomic E-state index is 12.8. The fraction of sp³-hybridized carbons (Fsp3) is 0.308. The fourth-order valence-corrected chi connectivity index (χ4v) is 5.59. The predicted octanol–water partition coefficient (Wildman–Crippen LogP) is 5.54. The van der Waals surface area contributed by atoms with Gasteiger partial charge in [-0.15, -0.1) is 4.91 Å². The zero-order valence-corrected chi connectivity index (χ0v) is 18.3. The zero-order chi connectivity index (χ0) is 22.3. The van der Waals surface area contributed by atoms with Gasteiger partial charge in [-0.05, 0) is 36.1 Å². The van der Waals surface area contributed by atoms with Crippen LogP contribution in [0.4, 0.5) is 0 Å². The number of methoxy groups -OCH3 is 3. The molecule has 3 atom stereocenters. The molecule has 0 aromatic heterocycles. The fourth-order valence-electron chi connectivity index (χ4n) is 5.59. The van der Waals surface area contributed by atoms with Gasteiger partial charge in [-0.1, -0.05) is 47.6 Å². The van der Waals surface area contributed by atoms with Crippen LogP contribution in [0.25, 0.3) is 0 Å². The van der Waals surface area contributed by atoms with Crippen molar-refractivity contribution in [3.8, 4) is 23.0 Å². The molecule has 3 aromatic rings. The van der Waals surface area contributed by atoms with Crippen LogP contribution in [-0.4, -0.2) is 21.3 Å². The summed E-state index contributed by atoms with van der Waals surface area (Å²) in [5.74, 6) is 2.36. The topological polar surface area (TPSA) is 66.3 Å². The first-order chi connectivity index (χ1) is 15.6. The van der Waals surface area contributed by atoms with Crippen molar-refractivity contribution >= 4 is 0 Å². The van der Waals surface area contributed by atoms with E-state index in [1.54, 1.807) is 27.4 Å². The third kappa shape index (κ3) is 2.58. The number of benzene rings is 3. The lowest BCUT2D eigenvalue weighted by atomic mass is 9.70. The minimum Gasteiger partial charge on any atom is -0.497 e. The summed E-state index contributed by atoms with van der Waals surface area (Å²) in [5, 5.41) is 3.83. The highest BCUT2D eigenvalue weighted by molar-refractivity contribution is 5.62. The van der Waals surface area contributed by atoms with E-state index in [1.807, 2.05) is 48.5 Å². The van der Waals surface area contributed by atoms with Crippen LogP contribution in [0.15, 0.2) is 71.9 Å². The summed E-state index contributed by atoms with van der Waals surface area (Å²) in [6, 6.07) is 21.5. The Labute approximate surface area is 187 Å². The van der Waals surface area contributed by atoms with Crippen LogP contribution in [0, 0.1) is 4.91 Å². The molecule has 6 nitrogen and oxygen atoms in total. The highest BCUT2D eigenvalue weighted by Crippen LogP contribution is 2.70. The maximum Gasteiger partial charge on any atom is 0.179 e. The monoisotopic (exact) mass is 431 g/mol. The molecule has 0 N–H and O–H groups in total. The second kappa shape index (κ2) is 7.55. The lowest BCUT2D eigenvalue weighted by molar-refractivity contribution is 0.0215. The van der Waals surface area contributed by atoms with Crippen LogP contribution in [0.3, 0.4) is 0 Å². The molecule has 2 aliphatic rings. The van der Waals surface area contributed by atoms with Gasteiger partial charge in [0.25, 0.3) is 0 Å². The summed E-state index contributed by atoms with van der Waals surface area (Å²) in [5.41, 5.74) is 0.499. The Morgan fingerprint density at radius 2 is 1.62 bits per heavy atom. The molecule has 1 saturated carbocycles. The molecule has 0 radical (unpaired) electrons. The molecule has 32 heavy (non-hydrogen) atoms. The molecule has 164 valence electrons. The number of nitrogens with zero attached hydrogens (tertiary/aromatic N) is 1. The van der Waals surface area contributed by atoms with Crippen LogP contribution in [-0.2, 0) is 11.1 Å². The van der Waals surface area contributed by atoms with Crippen LogP contribution in [0.1, 0.15) is 35.4 Å². The summed E-state index contributed by atoms with van der Waals surface area (Å²) >= 11 is 0. The van der Waals surface area contributed by atoms with Crippen LogP contribution >= 0.6 is 0 Å². The molecule has 5 rings (SSSR count). The SMILES string of the molecule is COc1ccc(C23Oc4cc(OC)cc(OC)c4C2(N=O)CC[C@@H]3c2ccccc2)cc1. The Kier molecular flexibility index (Phi) is 4.81. The molecule has 0 bridgehead atoms. The van der Waals surface area contributed by atoms with Crippen LogP contribution < -0.4 is 18.9 Å². The van der Waals surface area contributed by atoms with Crippen molar-refractivity contribution in [2.24, 2.45) is 5.18 Å². The molecule has 1 fully saturated rings. The Bertz CT molecular complexity index is 1150. The highest BCUT2D eigenvalue weighted by Gasteiger charge is 2.71. The van der Waals surface area contributed by atoms with Gasteiger partial charge in [0.15, 0.2) is 11.1 Å². The standard InChI is InChI=1S/C26H25NO5/c1-29-19-11-9-18(10-12-19)26-21(17-7-5-4-6-8-17)13-14-25(26,27-28)24-22(31-3)15-20(30-2)16-23(24)32-26/h4-12,15-16,21H,13-14H2,1-3H3/t21-,25?,26?/m1/s1. The molecule has 6 heteroatoms. The van der Waals surface area contributed by atoms with Gasteiger partial charge < -0.3 is 18.9 Å². The van der Waals surface area contributed by atoms with E-state index in [-0.39, 0.29) is 5.92 Å². The van der Waals surface area contributed by atoms with Gasteiger partial charge in [0.1, 0.15) is 23.0 Å². The van der Waals surface area contributed by atoms with Gasteiger partial charge in [0.05, 0.1) is 26.9 Å². The van der Waals surface area contributed by atoms with Gasteiger partial charge >= 0.3 is 0 Å². The average Bonchev–Trinajstić information content (AvgIpc) is 3.33. The normalized spacial score (nSPS) is 25.4. The smallest absolute Gasteiger partial charge is 0.179 e. The second-order valence-corrected chi connectivity index (χ2v) is 8.22. The van der Waals surface area contributed by atoms with Crippen molar-refractivity contribution < 1.29 is 18.9 Å². The van der Waals surface area contributed by atoms with Gasteiger partial charge in [-0.3, -0.25) is 0 Å². The lowest BCUT2D eigenvalue weighted by Crippen LogP contribution is -2.46. The molecule has 1 heterocycles. The molecular formula is C26H25NO5. The van der Waals surface area contributed by atoms with E-state index < -0.39 is 11.1 Å². The number of nitroso groups, excluding NO2 is 1. The molecule has 0 saturated heterocycles. The summed E-state index contributed by atoms with van der Waals surface area (Å²) in [4.78, 5) is 12.8. The molecule has 3 aromatic carbocycles. The van der Waals surface area contributed by atoms with E-state index in [0.29, 0.717) is 29.2 Å². The van der Waals surface area contributed by atoms with Crippen molar-refractivity contribution in [3.63, 3.8) is 0 Å². The van der Waals surface area contributed by atoms with Crippen molar-refractivity contribution in [2.75, 3.05) is 21.3 Å². The van der Waals surface area contributed by atoms with Crippen molar-refractivity contribution in [1.29, 1.82) is 0 Å². The van der Waals surface area contributed by atoms with Crippen molar-refractivity contribution in [3.05, 3.63) is 88.3 Å². The third-order valence-electron chi connectivity index (χ3n) is 6.96. The summed E-state index contributed by atoms with van der Waals surface area (Å²) in [6.45, 7) is 0. The number of rotatable bonds is 6. The summed E-state index contributed by atoms with van der Waals surface area (Å²) in [6.07, 6.45) is 1.29. The van der Waals surface area contributed by atoms with Crippen molar-refractivity contribution in [1.82, 2.24) is 0 Å². The molecule has 0 amide bonds. The largest absolute Gasteiger partial charge is 0.497 e. The number of hydrogen-bond donors (Lipinski definition) is 0. The first-order valence-corrected chi connectivity index (χ1v) is 10.6. The molecule has 2 unspecified atom stereocenters. The Balaban J connectivity index is 1.81. The molecular weight excluding hydrogens is 406 g/mol. The zero-order valence-electron chi connectivity index (χ0n) is 18.3.